The molecule has 156 valence electrons. The van der Waals surface area contributed by atoms with Gasteiger partial charge in [-0.3, -0.25) is 0 Å². The Kier molecular flexibility index (Phi) is 5.12. The molecule has 0 aliphatic heterocycles. The second-order valence-electron chi connectivity index (χ2n) is 6.69. The van der Waals surface area contributed by atoms with Crippen LogP contribution in [-0.4, -0.2) is 37.2 Å². The summed E-state index contributed by atoms with van der Waals surface area (Å²) in [7, 11) is -0.976. The summed E-state index contributed by atoms with van der Waals surface area (Å²) in [5, 5.41) is 6.33. The van der Waals surface area contributed by atoms with Crippen molar-refractivity contribution in [1.29, 1.82) is 0 Å². The molecule has 4 rings (SSSR count). The fourth-order valence-electron chi connectivity index (χ4n) is 3.17. The maximum Gasteiger partial charge on any atom is 0.264 e. The SMILES string of the molecule is COc1ccc(S(=O)(=O)Nc2nc3scc(-c4ccc(C)cc4C)n3n2)cc1OC. The van der Waals surface area contributed by atoms with Crippen molar-refractivity contribution in [3.8, 4) is 22.8 Å². The molecule has 0 unspecified atom stereocenters. The molecule has 30 heavy (non-hydrogen) atoms. The molecule has 8 nitrogen and oxygen atoms in total. The Morgan fingerprint density at radius 3 is 2.50 bits per heavy atom. The van der Waals surface area contributed by atoms with Crippen LogP contribution in [0.3, 0.4) is 0 Å². The number of benzene rings is 2. The summed E-state index contributed by atoms with van der Waals surface area (Å²) < 4.78 is 40.1. The lowest BCUT2D eigenvalue weighted by Gasteiger charge is -2.10. The third kappa shape index (κ3) is 3.59. The highest BCUT2D eigenvalue weighted by molar-refractivity contribution is 7.92. The lowest BCUT2D eigenvalue weighted by molar-refractivity contribution is 0.354. The largest absolute Gasteiger partial charge is 0.493 e. The topological polar surface area (TPSA) is 94.8 Å². The first-order chi connectivity index (χ1) is 14.3. The molecule has 0 bridgehead atoms. The number of nitrogens with one attached hydrogen (secondary N) is 1. The van der Waals surface area contributed by atoms with Crippen molar-refractivity contribution in [2.75, 3.05) is 18.9 Å². The summed E-state index contributed by atoms with van der Waals surface area (Å²) in [6.07, 6.45) is 0. The number of ether oxygens (including phenoxy) is 2. The van der Waals surface area contributed by atoms with Crippen LogP contribution in [0.1, 0.15) is 11.1 Å². The Morgan fingerprint density at radius 1 is 1.03 bits per heavy atom. The van der Waals surface area contributed by atoms with Gasteiger partial charge in [0.25, 0.3) is 16.0 Å². The van der Waals surface area contributed by atoms with Crippen molar-refractivity contribution >= 4 is 32.3 Å². The normalized spacial score (nSPS) is 11.6. The molecular formula is C20H20N4O4S2. The molecule has 0 aliphatic carbocycles. The summed E-state index contributed by atoms with van der Waals surface area (Å²) in [5.41, 5.74) is 4.16. The molecule has 0 amide bonds. The van der Waals surface area contributed by atoms with Gasteiger partial charge in [-0.15, -0.1) is 16.4 Å². The minimum atomic E-state index is -3.91. The third-order valence-corrected chi connectivity index (χ3v) is 6.77. The number of fused-ring (bicyclic) bond motifs is 1. The molecule has 0 saturated heterocycles. The van der Waals surface area contributed by atoms with Crippen molar-refractivity contribution in [2.24, 2.45) is 0 Å². The van der Waals surface area contributed by atoms with Crippen LogP contribution in [0.5, 0.6) is 11.5 Å². The Morgan fingerprint density at radius 2 is 1.80 bits per heavy atom. The molecule has 10 heteroatoms. The first-order valence-corrected chi connectivity index (χ1v) is 11.4. The average molecular weight is 445 g/mol. The molecule has 2 heterocycles. The maximum atomic E-state index is 12.8. The van der Waals surface area contributed by atoms with Crippen LogP contribution in [0.2, 0.25) is 0 Å². The molecular weight excluding hydrogens is 424 g/mol. The molecule has 0 radical (unpaired) electrons. The van der Waals surface area contributed by atoms with Gasteiger partial charge in [0.05, 0.1) is 24.8 Å². The Balaban J connectivity index is 1.68. The van der Waals surface area contributed by atoms with E-state index in [1.807, 2.05) is 31.4 Å². The third-order valence-electron chi connectivity index (χ3n) is 4.63. The van der Waals surface area contributed by atoms with Crippen LogP contribution in [0.4, 0.5) is 5.95 Å². The van der Waals surface area contributed by atoms with Crippen molar-refractivity contribution in [3.63, 3.8) is 0 Å². The van der Waals surface area contributed by atoms with Gasteiger partial charge in [-0.2, -0.15) is 4.98 Å². The lowest BCUT2D eigenvalue weighted by Crippen LogP contribution is -2.14. The fourth-order valence-corrected chi connectivity index (χ4v) is 4.95. The van der Waals surface area contributed by atoms with Crippen LogP contribution < -0.4 is 14.2 Å². The highest BCUT2D eigenvalue weighted by Gasteiger charge is 2.21. The fraction of sp³-hybridized carbons (Fsp3) is 0.200. The summed E-state index contributed by atoms with van der Waals surface area (Å²) in [4.78, 5) is 4.93. The second kappa shape index (κ2) is 7.62. The van der Waals surface area contributed by atoms with Crippen LogP contribution in [0.15, 0.2) is 46.7 Å². The number of nitrogens with zero attached hydrogens (tertiary/aromatic N) is 3. The minimum absolute atomic E-state index is 0.00245. The number of methoxy groups -OCH3 is 2. The Hall–Kier alpha value is -3.11. The van der Waals surface area contributed by atoms with E-state index in [0.29, 0.717) is 16.5 Å². The summed E-state index contributed by atoms with van der Waals surface area (Å²) in [5.74, 6) is 0.758. The van der Waals surface area contributed by atoms with Crippen LogP contribution in [-0.2, 0) is 10.0 Å². The van der Waals surface area contributed by atoms with Crippen molar-refractivity contribution in [1.82, 2.24) is 14.6 Å². The number of rotatable bonds is 6. The van der Waals surface area contributed by atoms with E-state index >= 15 is 0 Å². The summed E-state index contributed by atoms with van der Waals surface area (Å²) in [6, 6.07) is 10.5. The van der Waals surface area contributed by atoms with Crippen LogP contribution >= 0.6 is 11.3 Å². The number of anilines is 1. The number of aromatic nitrogens is 3. The van der Waals surface area contributed by atoms with Gasteiger partial charge in [0.1, 0.15) is 0 Å². The molecule has 2 aromatic heterocycles. The van der Waals surface area contributed by atoms with E-state index in [1.54, 1.807) is 4.52 Å². The standard InChI is InChI=1S/C20H20N4O4S2/c1-12-5-7-15(13(2)9-12)16-11-29-20-21-19(22-24(16)20)23-30(25,26)14-6-8-17(27-3)18(10-14)28-4/h5-11H,1-4H3,(H,22,23). The highest BCUT2D eigenvalue weighted by Crippen LogP contribution is 2.31. The monoisotopic (exact) mass is 444 g/mol. The van der Waals surface area contributed by atoms with Gasteiger partial charge >= 0.3 is 0 Å². The van der Waals surface area contributed by atoms with Gasteiger partial charge in [0, 0.05) is 17.0 Å². The number of aryl methyl sites for hydroxylation is 2. The molecule has 1 N–H and O–H groups in total. The molecule has 0 aliphatic rings. The van der Waals surface area contributed by atoms with Gasteiger partial charge < -0.3 is 9.47 Å². The zero-order valence-electron chi connectivity index (χ0n) is 16.8. The van der Waals surface area contributed by atoms with Gasteiger partial charge in [0.15, 0.2) is 11.5 Å². The first kappa shape index (κ1) is 20.2. The summed E-state index contributed by atoms with van der Waals surface area (Å²) >= 11 is 1.39. The van der Waals surface area contributed by atoms with E-state index in [-0.39, 0.29) is 10.8 Å². The predicted octanol–water partition coefficient (Wildman–Crippen LogP) is 3.89. The lowest BCUT2D eigenvalue weighted by atomic mass is 10.0. The second-order valence-corrected chi connectivity index (χ2v) is 9.21. The number of sulfonamides is 1. The average Bonchev–Trinajstić information content (AvgIpc) is 3.27. The van der Waals surface area contributed by atoms with E-state index < -0.39 is 10.0 Å². The number of hydrogen-bond acceptors (Lipinski definition) is 7. The number of hydrogen-bond donors (Lipinski definition) is 1. The van der Waals surface area contributed by atoms with Crippen LogP contribution in [0, 0.1) is 13.8 Å². The Bertz CT molecular complexity index is 1340. The number of thiazole rings is 1. The molecule has 0 spiro atoms. The van der Waals surface area contributed by atoms with Gasteiger partial charge in [0.2, 0.25) is 4.96 Å². The minimum Gasteiger partial charge on any atom is -0.493 e. The zero-order valence-corrected chi connectivity index (χ0v) is 18.5. The molecule has 4 aromatic rings. The van der Waals surface area contributed by atoms with E-state index in [1.165, 1.54) is 49.3 Å². The van der Waals surface area contributed by atoms with E-state index in [0.717, 1.165) is 16.8 Å². The molecule has 0 fully saturated rings. The summed E-state index contributed by atoms with van der Waals surface area (Å²) in [6.45, 7) is 4.07. The quantitative estimate of drug-likeness (QED) is 0.485. The van der Waals surface area contributed by atoms with Crippen molar-refractivity contribution < 1.29 is 17.9 Å². The van der Waals surface area contributed by atoms with Crippen molar-refractivity contribution in [3.05, 3.63) is 52.9 Å². The van der Waals surface area contributed by atoms with E-state index in [4.69, 9.17) is 9.47 Å². The Labute approximate surface area is 178 Å². The van der Waals surface area contributed by atoms with Crippen LogP contribution in [0.25, 0.3) is 16.2 Å². The predicted molar refractivity (Wildman–Crippen MR) is 116 cm³/mol. The molecule has 2 aromatic carbocycles. The van der Waals surface area contributed by atoms with Crippen molar-refractivity contribution in [2.45, 2.75) is 18.7 Å². The van der Waals surface area contributed by atoms with Gasteiger partial charge in [-0.05, 0) is 31.5 Å². The first-order valence-electron chi connectivity index (χ1n) is 8.99. The highest BCUT2D eigenvalue weighted by atomic mass is 32.2. The van der Waals surface area contributed by atoms with Gasteiger partial charge in [-0.1, -0.05) is 23.8 Å². The molecule has 0 saturated carbocycles. The molecule has 0 atom stereocenters. The smallest absolute Gasteiger partial charge is 0.264 e. The van der Waals surface area contributed by atoms with Gasteiger partial charge in [-0.25, -0.2) is 17.7 Å². The maximum absolute atomic E-state index is 12.8. The van der Waals surface area contributed by atoms with E-state index in [9.17, 15) is 8.42 Å². The zero-order chi connectivity index (χ0) is 21.5. The van der Waals surface area contributed by atoms with E-state index in [2.05, 4.69) is 20.9 Å².